The van der Waals surface area contributed by atoms with Crippen LogP contribution in [0.2, 0.25) is 0 Å². The first-order valence-electron chi connectivity index (χ1n) is 5.70. The minimum Gasteiger partial charge on any atom is -0.353 e. The van der Waals surface area contributed by atoms with Crippen molar-refractivity contribution in [2.24, 2.45) is 0 Å². The lowest BCUT2D eigenvalue weighted by atomic mass is 10.1. The third-order valence-electron chi connectivity index (χ3n) is 2.23. The molecule has 0 amide bonds. The van der Waals surface area contributed by atoms with E-state index in [-0.39, 0.29) is 6.29 Å². The van der Waals surface area contributed by atoms with Gasteiger partial charge >= 0.3 is 0 Å². The zero-order valence-electron chi connectivity index (χ0n) is 10.1. The zero-order valence-corrected chi connectivity index (χ0v) is 10.1. The maximum atomic E-state index is 5.54. The summed E-state index contributed by atoms with van der Waals surface area (Å²) in [5.74, 6) is 0. The van der Waals surface area contributed by atoms with E-state index in [1.165, 1.54) is 0 Å². The van der Waals surface area contributed by atoms with Crippen LogP contribution in [-0.2, 0) is 9.47 Å². The summed E-state index contributed by atoms with van der Waals surface area (Å²) in [4.78, 5) is 0. The molecular formula is C14H20O2. The Morgan fingerprint density at radius 3 is 2.56 bits per heavy atom. The standard InChI is InChI=1S/C14H20O2/c1-4-10-15-13(3)16-11-12(2)14-8-6-5-7-9-14/h5-9,13H,2,4,10-11H2,1,3H3. The quantitative estimate of drug-likeness (QED) is 0.655. The van der Waals surface area contributed by atoms with Crippen molar-refractivity contribution in [1.82, 2.24) is 0 Å². The van der Waals surface area contributed by atoms with Gasteiger partial charge in [-0.2, -0.15) is 0 Å². The van der Waals surface area contributed by atoms with Crippen molar-refractivity contribution < 1.29 is 9.47 Å². The van der Waals surface area contributed by atoms with E-state index in [0.29, 0.717) is 6.61 Å². The fourth-order valence-electron chi connectivity index (χ4n) is 1.31. The van der Waals surface area contributed by atoms with Gasteiger partial charge in [-0.25, -0.2) is 0 Å². The Morgan fingerprint density at radius 2 is 1.94 bits per heavy atom. The molecule has 0 saturated heterocycles. The maximum absolute atomic E-state index is 5.54. The average Bonchev–Trinajstić information content (AvgIpc) is 2.34. The number of hydrogen-bond donors (Lipinski definition) is 0. The van der Waals surface area contributed by atoms with Crippen LogP contribution in [0.5, 0.6) is 0 Å². The van der Waals surface area contributed by atoms with Gasteiger partial charge in [-0.05, 0) is 24.5 Å². The maximum Gasteiger partial charge on any atom is 0.155 e. The second-order valence-corrected chi connectivity index (χ2v) is 3.72. The molecule has 0 heterocycles. The Kier molecular flexibility index (Phi) is 5.83. The zero-order chi connectivity index (χ0) is 11.8. The molecule has 88 valence electrons. The molecular weight excluding hydrogens is 200 g/mol. The molecule has 0 aromatic heterocycles. The highest BCUT2D eigenvalue weighted by Crippen LogP contribution is 2.12. The molecule has 0 aliphatic rings. The second kappa shape index (κ2) is 7.20. The lowest BCUT2D eigenvalue weighted by Gasteiger charge is -2.14. The summed E-state index contributed by atoms with van der Waals surface area (Å²) in [6, 6.07) is 10.0. The van der Waals surface area contributed by atoms with E-state index in [2.05, 4.69) is 13.5 Å². The van der Waals surface area contributed by atoms with E-state index in [1.807, 2.05) is 37.3 Å². The summed E-state index contributed by atoms with van der Waals surface area (Å²) >= 11 is 0. The molecule has 0 spiro atoms. The van der Waals surface area contributed by atoms with Crippen LogP contribution < -0.4 is 0 Å². The molecule has 2 heteroatoms. The Bertz CT molecular complexity index is 306. The predicted octanol–water partition coefficient (Wildman–Crippen LogP) is 3.49. The van der Waals surface area contributed by atoms with Gasteiger partial charge in [0, 0.05) is 6.61 Å². The van der Waals surface area contributed by atoms with Gasteiger partial charge in [0.25, 0.3) is 0 Å². The Morgan fingerprint density at radius 1 is 1.25 bits per heavy atom. The molecule has 0 radical (unpaired) electrons. The minimum absolute atomic E-state index is 0.166. The third kappa shape index (κ3) is 4.60. The fraction of sp³-hybridized carbons (Fsp3) is 0.429. The van der Waals surface area contributed by atoms with E-state index in [0.717, 1.165) is 24.2 Å². The van der Waals surface area contributed by atoms with E-state index in [4.69, 9.17) is 9.47 Å². The van der Waals surface area contributed by atoms with Crippen LogP contribution in [0.1, 0.15) is 25.8 Å². The van der Waals surface area contributed by atoms with Gasteiger partial charge in [0.2, 0.25) is 0 Å². The fourth-order valence-corrected chi connectivity index (χ4v) is 1.31. The largest absolute Gasteiger partial charge is 0.353 e. The molecule has 0 aliphatic carbocycles. The molecule has 1 aromatic carbocycles. The van der Waals surface area contributed by atoms with Gasteiger partial charge in [0.15, 0.2) is 6.29 Å². The van der Waals surface area contributed by atoms with E-state index in [9.17, 15) is 0 Å². The molecule has 1 unspecified atom stereocenters. The number of benzene rings is 1. The highest BCUT2D eigenvalue weighted by Gasteiger charge is 2.03. The highest BCUT2D eigenvalue weighted by atomic mass is 16.7. The Balaban J connectivity index is 2.30. The molecule has 0 N–H and O–H groups in total. The van der Waals surface area contributed by atoms with Crippen molar-refractivity contribution >= 4 is 5.57 Å². The third-order valence-corrected chi connectivity index (χ3v) is 2.23. The summed E-state index contributed by atoms with van der Waals surface area (Å²) in [5.41, 5.74) is 2.10. The first kappa shape index (κ1) is 12.9. The van der Waals surface area contributed by atoms with E-state index in [1.54, 1.807) is 0 Å². The highest BCUT2D eigenvalue weighted by molar-refractivity contribution is 5.63. The molecule has 0 aliphatic heterocycles. The van der Waals surface area contributed by atoms with Crippen LogP contribution in [0.4, 0.5) is 0 Å². The summed E-state index contributed by atoms with van der Waals surface area (Å²) < 4.78 is 11.0. The van der Waals surface area contributed by atoms with Crippen molar-refractivity contribution in [3.05, 3.63) is 42.5 Å². The Hall–Kier alpha value is -1.12. The molecule has 1 atom stereocenters. The van der Waals surface area contributed by atoms with Gasteiger partial charge in [-0.3, -0.25) is 0 Å². The van der Waals surface area contributed by atoms with Crippen molar-refractivity contribution in [2.45, 2.75) is 26.6 Å². The van der Waals surface area contributed by atoms with Crippen LogP contribution in [0.3, 0.4) is 0 Å². The van der Waals surface area contributed by atoms with E-state index >= 15 is 0 Å². The number of ether oxygens (including phenoxy) is 2. The van der Waals surface area contributed by atoms with Crippen LogP contribution >= 0.6 is 0 Å². The lowest BCUT2D eigenvalue weighted by Crippen LogP contribution is -2.14. The Labute approximate surface area is 97.9 Å². The molecule has 2 nitrogen and oxygen atoms in total. The molecule has 0 fully saturated rings. The average molecular weight is 220 g/mol. The SMILES string of the molecule is C=C(COC(C)OCCC)c1ccccc1. The van der Waals surface area contributed by atoms with Crippen molar-refractivity contribution in [1.29, 1.82) is 0 Å². The molecule has 0 bridgehead atoms. The molecule has 1 rings (SSSR count). The summed E-state index contributed by atoms with van der Waals surface area (Å²) in [7, 11) is 0. The normalized spacial score (nSPS) is 12.4. The lowest BCUT2D eigenvalue weighted by molar-refractivity contribution is -0.120. The summed E-state index contributed by atoms with van der Waals surface area (Å²) in [6.07, 6.45) is 0.841. The van der Waals surface area contributed by atoms with Crippen molar-refractivity contribution in [3.8, 4) is 0 Å². The second-order valence-electron chi connectivity index (χ2n) is 3.72. The van der Waals surface area contributed by atoms with Crippen molar-refractivity contribution in [3.63, 3.8) is 0 Å². The van der Waals surface area contributed by atoms with Crippen LogP contribution in [0, 0.1) is 0 Å². The first-order chi connectivity index (χ1) is 7.74. The minimum atomic E-state index is -0.166. The van der Waals surface area contributed by atoms with Gasteiger partial charge in [-0.1, -0.05) is 43.8 Å². The predicted molar refractivity (Wildman–Crippen MR) is 67.1 cm³/mol. The number of rotatable bonds is 7. The topological polar surface area (TPSA) is 18.5 Å². The monoisotopic (exact) mass is 220 g/mol. The van der Waals surface area contributed by atoms with Crippen molar-refractivity contribution in [2.75, 3.05) is 13.2 Å². The number of hydrogen-bond acceptors (Lipinski definition) is 2. The van der Waals surface area contributed by atoms with Gasteiger partial charge < -0.3 is 9.47 Å². The molecule has 16 heavy (non-hydrogen) atoms. The molecule has 1 aromatic rings. The van der Waals surface area contributed by atoms with Crippen LogP contribution in [0.15, 0.2) is 36.9 Å². The van der Waals surface area contributed by atoms with Gasteiger partial charge in [-0.15, -0.1) is 0 Å². The first-order valence-corrected chi connectivity index (χ1v) is 5.70. The van der Waals surface area contributed by atoms with E-state index < -0.39 is 0 Å². The smallest absolute Gasteiger partial charge is 0.155 e. The van der Waals surface area contributed by atoms with Crippen LogP contribution in [-0.4, -0.2) is 19.5 Å². The van der Waals surface area contributed by atoms with Gasteiger partial charge in [0.05, 0.1) is 6.61 Å². The van der Waals surface area contributed by atoms with Gasteiger partial charge in [0.1, 0.15) is 0 Å². The summed E-state index contributed by atoms with van der Waals surface area (Å²) in [6.45, 7) is 9.23. The molecule has 0 saturated carbocycles. The summed E-state index contributed by atoms with van der Waals surface area (Å²) in [5, 5.41) is 0. The van der Waals surface area contributed by atoms with Crippen LogP contribution in [0.25, 0.3) is 5.57 Å².